The van der Waals surface area contributed by atoms with Crippen LogP contribution in [0.1, 0.15) is 26.3 Å². The normalized spacial score (nSPS) is 18.6. The maximum atomic E-state index is 5.39. The third-order valence-electron chi connectivity index (χ3n) is 2.97. The van der Waals surface area contributed by atoms with E-state index in [4.69, 9.17) is 9.47 Å². The first-order valence-corrected chi connectivity index (χ1v) is 5.47. The van der Waals surface area contributed by atoms with Crippen LogP contribution in [0.3, 0.4) is 0 Å². The zero-order chi connectivity index (χ0) is 11.3. The van der Waals surface area contributed by atoms with Crippen molar-refractivity contribution in [1.82, 2.24) is 0 Å². The van der Waals surface area contributed by atoms with Gasteiger partial charge in [0.15, 0.2) is 11.5 Å². The van der Waals surface area contributed by atoms with Crippen LogP contribution in [0, 0.1) is 0 Å². The Morgan fingerprint density at radius 2 is 1.82 bits per heavy atom. The van der Waals surface area contributed by atoms with Gasteiger partial charge >= 0.3 is 0 Å². The molecule has 0 fully saturated rings. The van der Waals surface area contributed by atoms with Crippen molar-refractivity contribution >= 4 is 23.7 Å². The number of anilines is 1. The largest absolute Gasteiger partial charge is 0.454 e. The summed E-state index contributed by atoms with van der Waals surface area (Å²) >= 11 is 0. The molecule has 4 heteroatoms. The van der Waals surface area contributed by atoms with E-state index in [0.717, 1.165) is 17.2 Å². The standard InChI is InChI=1S/C13H15NO2.ClH/c1-8-6-13(2,3)14-10-5-12-11(4-9(8)10)15-7-16-12;/h4-6,14H,7H2,1-3H3;1H. The van der Waals surface area contributed by atoms with Crippen molar-refractivity contribution in [3.8, 4) is 11.5 Å². The molecule has 0 spiro atoms. The maximum Gasteiger partial charge on any atom is 0.231 e. The number of hydrogen-bond donors (Lipinski definition) is 1. The molecule has 0 saturated heterocycles. The van der Waals surface area contributed by atoms with E-state index < -0.39 is 0 Å². The summed E-state index contributed by atoms with van der Waals surface area (Å²) in [6.07, 6.45) is 2.23. The minimum Gasteiger partial charge on any atom is -0.454 e. The van der Waals surface area contributed by atoms with E-state index >= 15 is 0 Å². The van der Waals surface area contributed by atoms with Gasteiger partial charge in [-0.25, -0.2) is 0 Å². The minimum atomic E-state index is -0.00915. The van der Waals surface area contributed by atoms with E-state index in [1.165, 1.54) is 11.1 Å². The summed E-state index contributed by atoms with van der Waals surface area (Å²) in [5.74, 6) is 1.67. The highest BCUT2D eigenvalue weighted by atomic mass is 35.5. The molecule has 2 aliphatic heterocycles. The Morgan fingerprint density at radius 3 is 2.53 bits per heavy atom. The average molecular weight is 254 g/mol. The van der Waals surface area contributed by atoms with Gasteiger partial charge in [0.25, 0.3) is 0 Å². The van der Waals surface area contributed by atoms with Crippen LogP contribution < -0.4 is 14.8 Å². The number of halogens is 1. The second kappa shape index (κ2) is 3.84. The van der Waals surface area contributed by atoms with Gasteiger partial charge in [-0.05, 0) is 32.4 Å². The summed E-state index contributed by atoms with van der Waals surface area (Å²) in [7, 11) is 0. The fourth-order valence-corrected chi connectivity index (χ4v) is 2.37. The van der Waals surface area contributed by atoms with Crippen molar-refractivity contribution in [2.45, 2.75) is 26.3 Å². The zero-order valence-corrected chi connectivity index (χ0v) is 11.0. The third kappa shape index (κ3) is 1.95. The molecular weight excluding hydrogens is 238 g/mol. The first-order chi connectivity index (χ1) is 7.55. The smallest absolute Gasteiger partial charge is 0.231 e. The highest BCUT2D eigenvalue weighted by Crippen LogP contribution is 2.42. The maximum absolute atomic E-state index is 5.39. The van der Waals surface area contributed by atoms with Crippen LogP contribution >= 0.6 is 12.4 Å². The molecule has 0 radical (unpaired) electrons. The molecule has 0 amide bonds. The highest BCUT2D eigenvalue weighted by Gasteiger charge is 2.25. The topological polar surface area (TPSA) is 30.5 Å². The van der Waals surface area contributed by atoms with Crippen LogP contribution in [-0.2, 0) is 0 Å². The molecule has 0 aliphatic carbocycles. The predicted molar refractivity (Wildman–Crippen MR) is 71.2 cm³/mol. The first kappa shape index (κ1) is 12.1. The van der Waals surface area contributed by atoms with E-state index in [2.05, 4.69) is 32.2 Å². The van der Waals surface area contributed by atoms with Crippen molar-refractivity contribution in [1.29, 1.82) is 0 Å². The molecule has 0 bridgehead atoms. The number of rotatable bonds is 0. The van der Waals surface area contributed by atoms with Crippen LogP contribution in [0.4, 0.5) is 5.69 Å². The van der Waals surface area contributed by atoms with Gasteiger partial charge in [0, 0.05) is 17.3 Å². The zero-order valence-electron chi connectivity index (χ0n) is 10.2. The number of fused-ring (bicyclic) bond motifs is 2. The Hall–Kier alpha value is -1.35. The third-order valence-corrected chi connectivity index (χ3v) is 2.97. The highest BCUT2D eigenvalue weighted by molar-refractivity contribution is 5.85. The molecule has 3 rings (SSSR count). The van der Waals surface area contributed by atoms with E-state index in [1.807, 2.05) is 12.1 Å². The average Bonchev–Trinajstić information content (AvgIpc) is 2.60. The van der Waals surface area contributed by atoms with Crippen molar-refractivity contribution < 1.29 is 9.47 Å². The number of benzene rings is 1. The molecule has 1 aromatic rings. The van der Waals surface area contributed by atoms with Gasteiger partial charge in [0.05, 0.1) is 5.54 Å². The van der Waals surface area contributed by atoms with Crippen LogP contribution in [0.15, 0.2) is 18.2 Å². The minimum absolute atomic E-state index is 0. The van der Waals surface area contributed by atoms with Gasteiger partial charge in [-0.2, -0.15) is 0 Å². The van der Waals surface area contributed by atoms with Crippen LogP contribution in [0.5, 0.6) is 11.5 Å². The predicted octanol–water partition coefficient (Wildman–Crippen LogP) is 3.44. The van der Waals surface area contributed by atoms with Gasteiger partial charge < -0.3 is 14.8 Å². The lowest BCUT2D eigenvalue weighted by Crippen LogP contribution is -2.31. The molecule has 0 atom stereocenters. The molecule has 0 saturated carbocycles. The van der Waals surface area contributed by atoms with E-state index in [1.54, 1.807) is 0 Å². The van der Waals surface area contributed by atoms with Gasteiger partial charge in [0.2, 0.25) is 6.79 Å². The summed E-state index contributed by atoms with van der Waals surface area (Å²) in [5, 5.41) is 3.48. The molecule has 2 heterocycles. The summed E-state index contributed by atoms with van der Waals surface area (Å²) in [6, 6.07) is 4.07. The van der Waals surface area contributed by atoms with E-state index in [0.29, 0.717) is 6.79 Å². The molecule has 1 aromatic carbocycles. The number of nitrogens with one attached hydrogen (secondary N) is 1. The Kier molecular flexibility index (Phi) is 2.74. The van der Waals surface area contributed by atoms with Gasteiger partial charge in [0.1, 0.15) is 0 Å². The Morgan fingerprint density at radius 1 is 1.18 bits per heavy atom. The molecule has 92 valence electrons. The lowest BCUT2D eigenvalue weighted by molar-refractivity contribution is 0.174. The first-order valence-electron chi connectivity index (χ1n) is 5.47. The summed E-state index contributed by atoms with van der Waals surface area (Å²) in [4.78, 5) is 0. The van der Waals surface area contributed by atoms with Crippen LogP contribution in [-0.4, -0.2) is 12.3 Å². The van der Waals surface area contributed by atoms with Crippen molar-refractivity contribution in [3.05, 3.63) is 23.8 Å². The molecule has 0 unspecified atom stereocenters. The van der Waals surface area contributed by atoms with Crippen molar-refractivity contribution in [2.24, 2.45) is 0 Å². The summed E-state index contributed by atoms with van der Waals surface area (Å²) in [6.45, 7) is 6.77. The lowest BCUT2D eigenvalue weighted by atomic mass is 9.91. The molecular formula is C13H16ClNO2. The fraction of sp³-hybridized carbons (Fsp3) is 0.385. The van der Waals surface area contributed by atoms with E-state index in [9.17, 15) is 0 Å². The second-order valence-corrected chi connectivity index (χ2v) is 4.93. The fourth-order valence-electron chi connectivity index (χ4n) is 2.37. The van der Waals surface area contributed by atoms with Crippen molar-refractivity contribution in [2.75, 3.05) is 12.1 Å². The molecule has 2 aliphatic rings. The molecule has 1 N–H and O–H groups in total. The SMILES string of the molecule is CC1=CC(C)(C)Nc2cc3c(cc21)OCO3.Cl. The van der Waals surface area contributed by atoms with Gasteiger partial charge in [-0.1, -0.05) is 6.08 Å². The van der Waals surface area contributed by atoms with Crippen LogP contribution in [0.2, 0.25) is 0 Å². The second-order valence-electron chi connectivity index (χ2n) is 4.93. The van der Waals surface area contributed by atoms with Gasteiger partial charge in [-0.3, -0.25) is 0 Å². The van der Waals surface area contributed by atoms with E-state index in [-0.39, 0.29) is 17.9 Å². The Balaban J connectivity index is 0.00000108. The number of allylic oxidation sites excluding steroid dienone is 1. The van der Waals surface area contributed by atoms with Gasteiger partial charge in [-0.15, -0.1) is 12.4 Å². The number of ether oxygens (including phenoxy) is 2. The number of hydrogen-bond acceptors (Lipinski definition) is 3. The quantitative estimate of drug-likeness (QED) is 0.768. The Labute approximate surface area is 107 Å². The lowest BCUT2D eigenvalue weighted by Gasteiger charge is -2.31. The summed E-state index contributed by atoms with van der Waals surface area (Å²) in [5.41, 5.74) is 3.58. The molecule has 0 aromatic heterocycles. The summed E-state index contributed by atoms with van der Waals surface area (Å²) < 4.78 is 10.8. The van der Waals surface area contributed by atoms with Crippen LogP contribution in [0.25, 0.3) is 5.57 Å². The molecule has 17 heavy (non-hydrogen) atoms. The molecule has 3 nitrogen and oxygen atoms in total. The Bertz CT molecular complexity index is 494. The monoisotopic (exact) mass is 253 g/mol. The van der Waals surface area contributed by atoms with Crippen molar-refractivity contribution in [3.63, 3.8) is 0 Å².